The molecule has 20 heavy (non-hydrogen) atoms. The molecule has 0 aromatic carbocycles. The van der Waals surface area contributed by atoms with Gasteiger partial charge in [0, 0.05) is 0 Å². The van der Waals surface area contributed by atoms with E-state index in [4.69, 9.17) is 0 Å². The van der Waals surface area contributed by atoms with Crippen LogP contribution in [0.15, 0.2) is 11.1 Å². The second kappa shape index (κ2) is 3.87. The maximum atomic E-state index is 12.1. The number of nitrogens with zero attached hydrogens (tertiary/aromatic N) is 1. The number of hydrogen-bond donors (Lipinski definition) is 1. The van der Waals surface area contributed by atoms with Crippen LogP contribution >= 0.6 is 0 Å². The van der Waals surface area contributed by atoms with Gasteiger partial charge in [-0.1, -0.05) is 0 Å². The van der Waals surface area contributed by atoms with Crippen LogP contribution < -0.4 is 5.32 Å². The maximum Gasteiger partial charge on any atom is 0.262 e. The van der Waals surface area contributed by atoms with Gasteiger partial charge in [0.1, 0.15) is 11.6 Å². The summed E-state index contributed by atoms with van der Waals surface area (Å²) in [5.41, 5.74) is 1.23. The lowest BCUT2D eigenvalue weighted by Gasteiger charge is -2.56. The fraction of sp³-hybridized carbons (Fsp3) is 0.765. The van der Waals surface area contributed by atoms with Crippen LogP contribution in [0.3, 0.4) is 0 Å². The van der Waals surface area contributed by atoms with Gasteiger partial charge < -0.3 is 5.32 Å². The third-order valence-electron chi connectivity index (χ3n) is 6.27. The lowest BCUT2D eigenvalue weighted by atomic mass is 9.49. The molecule has 5 aliphatic rings. The van der Waals surface area contributed by atoms with Crippen LogP contribution in [0.25, 0.3) is 0 Å². The first-order valence-electron chi connectivity index (χ1n) is 7.97. The zero-order chi connectivity index (χ0) is 14.1. The first-order chi connectivity index (χ1) is 9.49. The highest BCUT2D eigenvalue weighted by molar-refractivity contribution is 6.02. The maximum absolute atomic E-state index is 12.1. The van der Waals surface area contributed by atoms with Gasteiger partial charge in [0.25, 0.3) is 5.91 Å². The van der Waals surface area contributed by atoms with Crippen molar-refractivity contribution in [2.75, 3.05) is 0 Å². The minimum Gasteiger partial charge on any atom is -0.343 e. The van der Waals surface area contributed by atoms with Crippen LogP contribution in [-0.2, 0) is 4.79 Å². The molecule has 1 amide bonds. The summed E-state index contributed by atoms with van der Waals surface area (Å²) < 4.78 is 0. The van der Waals surface area contributed by atoms with Crippen molar-refractivity contribution in [3.8, 4) is 6.07 Å². The van der Waals surface area contributed by atoms with Crippen LogP contribution in [0.2, 0.25) is 0 Å². The molecule has 0 radical (unpaired) electrons. The van der Waals surface area contributed by atoms with Gasteiger partial charge in [0.15, 0.2) is 0 Å². The van der Waals surface area contributed by atoms with Crippen molar-refractivity contribution in [1.82, 2.24) is 5.32 Å². The molecule has 1 aliphatic heterocycles. The number of amides is 1. The normalized spacial score (nSPS) is 44.6. The van der Waals surface area contributed by atoms with E-state index in [2.05, 4.69) is 25.2 Å². The Morgan fingerprint density at radius 3 is 2.15 bits per heavy atom. The molecule has 0 atom stereocenters. The molecule has 4 bridgehead atoms. The number of carbonyl (C=O) groups is 1. The summed E-state index contributed by atoms with van der Waals surface area (Å²) in [5.74, 6) is 3.61. The number of rotatable bonds is 1. The summed E-state index contributed by atoms with van der Waals surface area (Å²) in [6.45, 7) is 4.13. The van der Waals surface area contributed by atoms with Crippen molar-refractivity contribution in [3.05, 3.63) is 11.1 Å². The molecule has 0 aromatic heterocycles. The second-order valence-corrected chi connectivity index (χ2v) is 7.94. The Morgan fingerprint density at radius 2 is 1.65 bits per heavy atom. The summed E-state index contributed by atoms with van der Waals surface area (Å²) in [6, 6.07) is 2.20. The van der Waals surface area contributed by atoms with E-state index in [0.717, 1.165) is 29.2 Å². The summed E-state index contributed by atoms with van der Waals surface area (Å²) in [6.07, 6.45) is 6.73. The molecule has 4 aliphatic carbocycles. The molecule has 4 saturated carbocycles. The Hall–Kier alpha value is -1.30. The molecule has 4 fully saturated rings. The van der Waals surface area contributed by atoms with Gasteiger partial charge in [-0.25, -0.2) is 0 Å². The van der Waals surface area contributed by atoms with Crippen molar-refractivity contribution in [3.63, 3.8) is 0 Å². The van der Waals surface area contributed by atoms with Gasteiger partial charge in [-0.2, -0.15) is 5.26 Å². The van der Waals surface area contributed by atoms with Gasteiger partial charge >= 0.3 is 0 Å². The Kier molecular flexibility index (Phi) is 2.41. The third-order valence-corrected chi connectivity index (χ3v) is 6.27. The molecule has 3 heteroatoms. The van der Waals surface area contributed by atoms with Crippen LogP contribution in [0.4, 0.5) is 0 Å². The smallest absolute Gasteiger partial charge is 0.262 e. The fourth-order valence-electron chi connectivity index (χ4n) is 5.94. The highest BCUT2D eigenvalue weighted by Crippen LogP contribution is 2.60. The van der Waals surface area contributed by atoms with Gasteiger partial charge in [-0.3, -0.25) is 4.79 Å². The summed E-state index contributed by atoms with van der Waals surface area (Å²) >= 11 is 0. The van der Waals surface area contributed by atoms with Crippen LogP contribution in [-0.4, -0.2) is 11.4 Å². The van der Waals surface area contributed by atoms with E-state index in [9.17, 15) is 10.1 Å². The monoisotopic (exact) mass is 270 g/mol. The number of carbonyl (C=O) groups excluding carboxylic acids is 1. The molecule has 0 unspecified atom stereocenters. The van der Waals surface area contributed by atoms with E-state index in [1.807, 2.05) is 0 Å². The first kappa shape index (κ1) is 12.4. The SMILES string of the molecule is CC1(C)NC(=O)C(C#N)=C1C1C2CC3CC(C2)CC1C3. The molecule has 0 spiro atoms. The molecule has 0 saturated heterocycles. The molecular formula is C17H22N2O. The second-order valence-electron chi connectivity index (χ2n) is 7.94. The standard InChI is InChI=1S/C17H22N2O/c1-17(2)15(13(8-18)16(20)19-17)14-11-4-9-3-10(6-11)7-12(14)5-9/h9-12,14H,3-7H2,1-2H3,(H,19,20). The number of nitrogens with one attached hydrogen (secondary N) is 1. The number of nitriles is 1. The molecule has 1 N–H and O–H groups in total. The minimum absolute atomic E-state index is 0.152. The van der Waals surface area contributed by atoms with E-state index >= 15 is 0 Å². The Bertz CT molecular complexity index is 524. The molecule has 1 heterocycles. The zero-order valence-corrected chi connectivity index (χ0v) is 12.3. The molecule has 3 nitrogen and oxygen atoms in total. The fourth-order valence-corrected chi connectivity index (χ4v) is 5.94. The van der Waals surface area contributed by atoms with E-state index < -0.39 is 0 Å². The van der Waals surface area contributed by atoms with Gasteiger partial charge in [-0.05, 0) is 81.1 Å². The Balaban J connectivity index is 1.79. The lowest BCUT2D eigenvalue weighted by Crippen LogP contribution is -2.50. The van der Waals surface area contributed by atoms with Crippen LogP contribution in [0, 0.1) is 40.9 Å². The van der Waals surface area contributed by atoms with Crippen molar-refractivity contribution < 1.29 is 4.79 Å². The molecule has 106 valence electrons. The van der Waals surface area contributed by atoms with E-state index in [0.29, 0.717) is 11.5 Å². The molecule has 0 aromatic rings. The average Bonchev–Trinajstić information content (AvgIpc) is 2.57. The van der Waals surface area contributed by atoms with E-state index in [1.165, 1.54) is 32.1 Å². The van der Waals surface area contributed by atoms with Gasteiger partial charge in [0.2, 0.25) is 0 Å². The van der Waals surface area contributed by atoms with Crippen molar-refractivity contribution in [1.29, 1.82) is 5.26 Å². The minimum atomic E-state index is -0.331. The zero-order valence-electron chi connectivity index (χ0n) is 12.3. The predicted octanol–water partition coefficient (Wildman–Crippen LogP) is 2.79. The summed E-state index contributed by atoms with van der Waals surface area (Å²) in [5, 5.41) is 12.4. The predicted molar refractivity (Wildman–Crippen MR) is 75.4 cm³/mol. The van der Waals surface area contributed by atoms with Gasteiger partial charge in [-0.15, -0.1) is 0 Å². The highest BCUT2D eigenvalue weighted by atomic mass is 16.2. The Morgan fingerprint density at radius 1 is 1.10 bits per heavy atom. The number of hydrogen-bond acceptors (Lipinski definition) is 2. The molecular weight excluding hydrogens is 248 g/mol. The quantitative estimate of drug-likeness (QED) is 0.796. The van der Waals surface area contributed by atoms with Crippen molar-refractivity contribution in [2.24, 2.45) is 29.6 Å². The topological polar surface area (TPSA) is 52.9 Å². The largest absolute Gasteiger partial charge is 0.343 e. The van der Waals surface area contributed by atoms with Crippen LogP contribution in [0.1, 0.15) is 46.0 Å². The Labute approximate surface area is 120 Å². The lowest BCUT2D eigenvalue weighted by molar-refractivity contribution is -0.117. The van der Waals surface area contributed by atoms with Crippen molar-refractivity contribution >= 4 is 5.91 Å². The van der Waals surface area contributed by atoms with Gasteiger partial charge in [0.05, 0.1) is 5.54 Å². The summed E-state index contributed by atoms with van der Waals surface area (Å²) in [4.78, 5) is 12.1. The van der Waals surface area contributed by atoms with E-state index in [1.54, 1.807) is 0 Å². The summed E-state index contributed by atoms with van der Waals surface area (Å²) in [7, 11) is 0. The van der Waals surface area contributed by atoms with Crippen molar-refractivity contribution in [2.45, 2.75) is 51.5 Å². The third kappa shape index (κ3) is 1.54. The highest BCUT2D eigenvalue weighted by Gasteiger charge is 2.54. The van der Waals surface area contributed by atoms with Crippen LogP contribution in [0.5, 0.6) is 0 Å². The first-order valence-corrected chi connectivity index (χ1v) is 7.97. The molecule has 5 rings (SSSR count). The average molecular weight is 270 g/mol. The van der Waals surface area contributed by atoms with E-state index in [-0.39, 0.29) is 11.4 Å².